The van der Waals surface area contributed by atoms with Gasteiger partial charge in [0.15, 0.2) is 11.0 Å². The van der Waals surface area contributed by atoms with Gasteiger partial charge >= 0.3 is 6.03 Å². The number of nitrogens with one attached hydrogen (secondary N) is 2. The third-order valence-corrected chi connectivity index (χ3v) is 7.60. The molecular weight excluding hydrogens is 497 g/mol. The van der Waals surface area contributed by atoms with Crippen molar-refractivity contribution < 1.29 is 13.4 Å². The van der Waals surface area contributed by atoms with E-state index in [4.69, 9.17) is 0 Å². The molecular formula is C26H22FN5O2S2. The number of carbonyl (C=O) groups excluding carboxylic acids is 1. The largest absolute Gasteiger partial charge is 0.327 e. The van der Waals surface area contributed by atoms with Crippen LogP contribution in [0.1, 0.15) is 22.4 Å². The molecule has 3 aromatic carbocycles. The average Bonchev–Trinajstić information content (AvgIpc) is 3.50. The normalized spacial score (nSPS) is 12.8. The number of amides is 2. The number of fused-ring (bicyclic) bond motifs is 1. The minimum atomic E-state index is -2.06. The van der Waals surface area contributed by atoms with Crippen molar-refractivity contribution >= 4 is 38.6 Å². The van der Waals surface area contributed by atoms with Gasteiger partial charge in [0.1, 0.15) is 11.6 Å². The molecule has 0 aliphatic rings. The van der Waals surface area contributed by atoms with Crippen LogP contribution in [0.4, 0.5) is 9.18 Å². The van der Waals surface area contributed by atoms with Crippen molar-refractivity contribution in [3.05, 3.63) is 107 Å². The van der Waals surface area contributed by atoms with Crippen molar-refractivity contribution in [2.24, 2.45) is 0 Å². The van der Waals surface area contributed by atoms with Crippen LogP contribution in [0.3, 0.4) is 0 Å². The molecule has 182 valence electrons. The maximum absolute atomic E-state index is 14.0. The molecule has 10 heteroatoms. The maximum atomic E-state index is 14.0. The number of benzene rings is 3. The lowest BCUT2D eigenvalue weighted by Crippen LogP contribution is -2.40. The van der Waals surface area contributed by atoms with E-state index < -0.39 is 28.9 Å². The lowest BCUT2D eigenvalue weighted by Gasteiger charge is -2.20. The summed E-state index contributed by atoms with van der Waals surface area (Å²) < 4.78 is 32.0. The molecule has 0 aliphatic heterocycles. The van der Waals surface area contributed by atoms with Crippen molar-refractivity contribution in [3.63, 3.8) is 0 Å². The predicted molar refractivity (Wildman–Crippen MR) is 139 cm³/mol. The topological polar surface area (TPSA) is 88.9 Å². The number of hydrogen-bond acceptors (Lipinski definition) is 5. The van der Waals surface area contributed by atoms with Crippen molar-refractivity contribution in [2.45, 2.75) is 24.3 Å². The summed E-state index contributed by atoms with van der Waals surface area (Å²) in [5, 5.41) is 3.86. The smallest absolute Gasteiger partial charge is 0.327 e. The summed E-state index contributed by atoms with van der Waals surface area (Å²) in [4.78, 5) is 21.9. The predicted octanol–water partition coefficient (Wildman–Crippen LogP) is 5.24. The summed E-state index contributed by atoms with van der Waals surface area (Å²) in [6.07, 6.45) is 3.93. The summed E-state index contributed by atoms with van der Waals surface area (Å²) in [7, 11) is -2.06. The van der Waals surface area contributed by atoms with Crippen molar-refractivity contribution in [2.75, 3.05) is 0 Å². The molecule has 7 nitrogen and oxygen atoms in total. The minimum absolute atomic E-state index is 0.0966. The molecule has 0 radical (unpaired) electrons. The second-order valence-electron chi connectivity index (χ2n) is 8.06. The van der Waals surface area contributed by atoms with Gasteiger partial charge < -0.3 is 9.88 Å². The standard InChI is InChI=1S/C26H22FN5O2S2/c1-17-29-21-16-19(11-12-23(21)35-17)32-14-13-28-25(32)22(15-18-7-3-2-4-8-18)30-26(33)31-36(34)24-10-6-5-9-20(24)27/h2-14,16,22H,15H2,1H3,(H2,30,31,33). The van der Waals surface area contributed by atoms with E-state index in [9.17, 15) is 13.4 Å². The van der Waals surface area contributed by atoms with Crippen LogP contribution in [-0.2, 0) is 17.4 Å². The van der Waals surface area contributed by atoms with Crippen LogP contribution in [-0.4, -0.2) is 24.8 Å². The van der Waals surface area contributed by atoms with Crippen LogP contribution in [0.5, 0.6) is 0 Å². The molecule has 0 spiro atoms. The monoisotopic (exact) mass is 519 g/mol. The van der Waals surface area contributed by atoms with Gasteiger partial charge in [0.05, 0.1) is 26.2 Å². The Morgan fingerprint density at radius 2 is 1.89 bits per heavy atom. The number of halogens is 1. The molecule has 36 heavy (non-hydrogen) atoms. The summed E-state index contributed by atoms with van der Waals surface area (Å²) in [5.74, 6) is -0.0582. The van der Waals surface area contributed by atoms with E-state index in [1.165, 1.54) is 18.2 Å². The first-order valence-electron chi connectivity index (χ1n) is 11.2. The number of carbonyl (C=O) groups is 1. The van der Waals surface area contributed by atoms with Gasteiger partial charge in [-0.15, -0.1) is 11.3 Å². The molecule has 2 heterocycles. The lowest BCUT2D eigenvalue weighted by molar-refractivity contribution is 0.241. The molecule has 2 atom stereocenters. The first-order valence-corrected chi connectivity index (χ1v) is 13.1. The van der Waals surface area contributed by atoms with Gasteiger partial charge in [-0.3, -0.25) is 4.72 Å². The van der Waals surface area contributed by atoms with E-state index in [2.05, 4.69) is 20.0 Å². The van der Waals surface area contributed by atoms with Gasteiger partial charge in [-0.1, -0.05) is 42.5 Å². The molecule has 2 unspecified atom stereocenters. The Balaban J connectivity index is 1.44. The third-order valence-electron chi connectivity index (χ3n) is 5.55. The van der Waals surface area contributed by atoms with Crippen molar-refractivity contribution in [1.82, 2.24) is 24.6 Å². The molecule has 2 N–H and O–H groups in total. The van der Waals surface area contributed by atoms with E-state index in [0.29, 0.717) is 12.2 Å². The van der Waals surface area contributed by atoms with Gasteiger partial charge in [-0.05, 0) is 49.2 Å². The third kappa shape index (κ3) is 5.19. The second kappa shape index (κ2) is 10.4. The minimum Gasteiger partial charge on any atom is -0.327 e. The van der Waals surface area contributed by atoms with Crippen molar-refractivity contribution in [1.29, 1.82) is 0 Å². The molecule has 0 aliphatic carbocycles. The number of rotatable bonds is 7. The van der Waals surface area contributed by atoms with Crippen LogP contribution in [0.15, 0.2) is 90.1 Å². The highest BCUT2D eigenvalue weighted by Gasteiger charge is 2.23. The Morgan fingerprint density at radius 1 is 1.11 bits per heavy atom. The SMILES string of the molecule is Cc1nc2cc(-n3ccnc3C(Cc3ccccc3)NC(=O)NS(=O)c3ccccc3F)ccc2s1. The molecule has 0 bridgehead atoms. The van der Waals surface area contributed by atoms with Crippen LogP contribution in [0.2, 0.25) is 0 Å². The lowest BCUT2D eigenvalue weighted by atomic mass is 10.1. The Hall–Kier alpha value is -3.89. The number of hydrogen-bond donors (Lipinski definition) is 2. The van der Waals surface area contributed by atoms with Gasteiger partial charge in [0.2, 0.25) is 0 Å². The summed E-state index contributed by atoms with van der Waals surface area (Å²) in [5.41, 5.74) is 2.73. The number of thiazole rings is 1. The zero-order valence-corrected chi connectivity index (χ0v) is 20.9. The quantitative estimate of drug-likeness (QED) is 0.308. The second-order valence-corrected chi connectivity index (χ2v) is 10.5. The van der Waals surface area contributed by atoms with Crippen molar-refractivity contribution in [3.8, 4) is 5.69 Å². The fourth-order valence-electron chi connectivity index (χ4n) is 3.95. The Bertz CT molecular complexity index is 1550. The number of imidazole rings is 1. The highest BCUT2D eigenvalue weighted by atomic mass is 32.2. The number of aryl methyl sites for hydroxylation is 1. The van der Waals surface area contributed by atoms with E-state index in [1.807, 2.05) is 66.2 Å². The Morgan fingerprint density at radius 3 is 2.69 bits per heavy atom. The molecule has 2 aromatic heterocycles. The van der Waals surface area contributed by atoms with E-state index in [0.717, 1.165) is 26.5 Å². The van der Waals surface area contributed by atoms with Gasteiger partial charge in [0, 0.05) is 18.1 Å². The maximum Gasteiger partial charge on any atom is 0.327 e. The average molecular weight is 520 g/mol. The Kier molecular flexibility index (Phi) is 6.88. The van der Waals surface area contributed by atoms with Crippen LogP contribution >= 0.6 is 11.3 Å². The highest BCUT2D eigenvalue weighted by Crippen LogP contribution is 2.26. The summed E-state index contributed by atoms with van der Waals surface area (Å²) >= 11 is 1.63. The fourth-order valence-corrected chi connectivity index (χ4v) is 5.54. The highest BCUT2D eigenvalue weighted by molar-refractivity contribution is 7.83. The molecule has 2 amide bonds. The van der Waals surface area contributed by atoms with Crippen LogP contribution < -0.4 is 10.0 Å². The van der Waals surface area contributed by atoms with E-state index >= 15 is 0 Å². The summed E-state index contributed by atoms with van der Waals surface area (Å²) in [6.45, 7) is 1.97. The van der Waals surface area contributed by atoms with Crippen LogP contribution in [0, 0.1) is 12.7 Å². The summed E-state index contributed by atoms with van der Waals surface area (Å²) in [6, 6.07) is 20.0. The molecule has 5 rings (SSSR count). The molecule has 5 aromatic rings. The number of aromatic nitrogens is 3. The van der Waals surface area contributed by atoms with Gasteiger partial charge in [-0.2, -0.15) is 0 Å². The number of nitrogens with zero attached hydrogens (tertiary/aromatic N) is 3. The van der Waals surface area contributed by atoms with Crippen LogP contribution in [0.25, 0.3) is 15.9 Å². The zero-order valence-electron chi connectivity index (χ0n) is 19.2. The van der Waals surface area contributed by atoms with E-state index in [-0.39, 0.29) is 4.90 Å². The first-order chi connectivity index (χ1) is 17.5. The first kappa shape index (κ1) is 23.8. The van der Waals surface area contributed by atoms with Gasteiger partial charge in [-0.25, -0.2) is 23.4 Å². The zero-order chi connectivity index (χ0) is 25.1. The van der Waals surface area contributed by atoms with Gasteiger partial charge in [0.25, 0.3) is 0 Å². The number of urea groups is 1. The molecule has 0 saturated heterocycles. The Labute approximate surface area is 213 Å². The molecule has 0 fully saturated rings. The molecule has 0 saturated carbocycles. The fraction of sp³-hybridized carbons (Fsp3) is 0.115. The van der Waals surface area contributed by atoms with E-state index in [1.54, 1.807) is 23.6 Å².